The number of fused-ring (bicyclic) bond motifs is 1. The molecule has 4 heterocycles. The predicted molar refractivity (Wildman–Crippen MR) is 143 cm³/mol. The summed E-state index contributed by atoms with van der Waals surface area (Å²) in [5, 5.41) is 7.58. The summed E-state index contributed by atoms with van der Waals surface area (Å²) in [7, 11) is 3.81. The van der Waals surface area contributed by atoms with Crippen molar-refractivity contribution < 1.29 is 9.18 Å². The minimum Gasteiger partial charge on any atom is -0.380 e. The fourth-order valence-electron chi connectivity index (χ4n) is 4.65. The van der Waals surface area contributed by atoms with E-state index >= 15 is 0 Å². The molecule has 3 aromatic rings. The number of pyridine rings is 1. The third-order valence-corrected chi connectivity index (χ3v) is 6.49. The van der Waals surface area contributed by atoms with Crippen LogP contribution in [0.5, 0.6) is 0 Å². The SMILES string of the molecule is CCCC(CF)Nc1nc(N)c2ncc(Cc3cnc(N4CCN(C(=O)CN(C)C)CC4)c(C)c3)n2n1. The van der Waals surface area contributed by atoms with Crippen molar-refractivity contribution in [1.29, 1.82) is 0 Å². The number of alkyl halides is 1. The van der Waals surface area contributed by atoms with Crippen molar-refractivity contribution in [3.05, 3.63) is 35.3 Å². The number of piperazine rings is 1. The zero-order chi connectivity index (χ0) is 26.5. The lowest BCUT2D eigenvalue weighted by Crippen LogP contribution is -2.51. The Hall–Kier alpha value is -3.54. The number of aromatic nitrogens is 5. The number of nitrogens with zero attached hydrogens (tertiary/aromatic N) is 8. The van der Waals surface area contributed by atoms with E-state index in [4.69, 9.17) is 10.7 Å². The van der Waals surface area contributed by atoms with Gasteiger partial charge >= 0.3 is 0 Å². The van der Waals surface area contributed by atoms with Gasteiger partial charge in [0.25, 0.3) is 0 Å². The molecule has 0 radical (unpaired) electrons. The lowest BCUT2D eigenvalue weighted by atomic mass is 10.1. The zero-order valence-corrected chi connectivity index (χ0v) is 22.1. The molecule has 4 rings (SSSR count). The van der Waals surface area contributed by atoms with Gasteiger partial charge in [-0.2, -0.15) is 4.98 Å². The zero-order valence-electron chi connectivity index (χ0n) is 22.1. The molecule has 1 aliphatic heterocycles. The monoisotopic (exact) mass is 512 g/mol. The molecule has 0 aliphatic carbocycles. The number of anilines is 3. The highest BCUT2D eigenvalue weighted by Gasteiger charge is 2.23. The van der Waals surface area contributed by atoms with Crippen molar-refractivity contribution in [3.8, 4) is 0 Å². The molecule has 11 nitrogen and oxygen atoms in total. The normalized spacial score (nSPS) is 15.0. The van der Waals surface area contributed by atoms with Crippen LogP contribution in [0, 0.1) is 6.92 Å². The van der Waals surface area contributed by atoms with Gasteiger partial charge in [-0.15, -0.1) is 5.10 Å². The van der Waals surface area contributed by atoms with Gasteiger partial charge in [-0.25, -0.2) is 18.9 Å². The molecule has 1 unspecified atom stereocenters. The maximum absolute atomic E-state index is 13.4. The number of halogens is 1. The van der Waals surface area contributed by atoms with Crippen molar-refractivity contribution >= 4 is 29.1 Å². The maximum Gasteiger partial charge on any atom is 0.243 e. The third kappa shape index (κ3) is 6.24. The first-order valence-corrected chi connectivity index (χ1v) is 12.7. The number of rotatable bonds is 10. The van der Waals surface area contributed by atoms with Crippen LogP contribution >= 0.6 is 0 Å². The number of carbonyl (C=O) groups excluding carboxylic acids is 1. The number of likely N-dealkylation sites (N-methyl/N-ethyl adjacent to an activating group) is 1. The van der Waals surface area contributed by atoms with Crippen molar-refractivity contribution in [2.45, 2.75) is 39.2 Å². The molecule has 1 amide bonds. The molecule has 0 aromatic carbocycles. The predicted octanol–water partition coefficient (Wildman–Crippen LogP) is 1.76. The van der Waals surface area contributed by atoms with Crippen molar-refractivity contribution in [2.24, 2.45) is 0 Å². The minimum absolute atomic E-state index is 0.158. The Morgan fingerprint density at radius 3 is 2.62 bits per heavy atom. The molecule has 1 fully saturated rings. The summed E-state index contributed by atoms with van der Waals surface area (Å²) in [6.07, 6.45) is 5.68. The second-order valence-electron chi connectivity index (χ2n) is 9.86. The number of amides is 1. The smallest absolute Gasteiger partial charge is 0.243 e. The first-order chi connectivity index (χ1) is 17.8. The van der Waals surface area contributed by atoms with Crippen LogP contribution in [0.3, 0.4) is 0 Å². The van der Waals surface area contributed by atoms with Crippen LogP contribution in [0.1, 0.15) is 36.6 Å². The number of imidazole rings is 1. The number of nitrogens with one attached hydrogen (secondary N) is 1. The summed E-state index contributed by atoms with van der Waals surface area (Å²) < 4.78 is 15.0. The summed E-state index contributed by atoms with van der Waals surface area (Å²) in [5.74, 6) is 1.62. The first kappa shape index (κ1) is 26.5. The molecule has 1 aliphatic rings. The summed E-state index contributed by atoms with van der Waals surface area (Å²) >= 11 is 0. The summed E-state index contributed by atoms with van der Waals surface area (Å²) in [6, 6.07) is 1.76. The van der Waals surface area contributed by atoms with Crippen LogP contribution in [0.25, 0.3) is 5.65 Å². The highest BCUT2D eigenvalue weighted by atomic mass is 19.1. The van der Waals surface area contributed by atoms with E-state index in [1.165, 1.54) is 0 Å². The van der Waals surface area contributed by atoms with Crippen LogP contribution < -0.4 is 16.0 Å². The van der Waals surface area contributed by atoms with Gasteiger partial charge in [0.15, 0.2) is 11.5 Å². The number of carbonyl (C=O) groups is 1. The average molecular weight is 513 g/mol. The second kappa shape index (κ2) is 11.7. The largest absolute Gasteiger partial charge is 0.380 e. The van der Waals surface area contributed by atoms with E-state index in [1.54, 1.807) is 10.7 Å². The van der Waals surface area contributed by atoms with Crippen LogP contribution in [-0.2, 0) is 11.2 Å². The molecule has 1 saturated heterocycles. The Balaban J connectivity index is 1.46. The van der Waals surface area contributed by atoms with E-state index in [0.717, 1.165) is 42.1 Å². The lowest BCUT2D eigenvalue weighted by molar-refractivity contribution is -0.132. The van der Waals surface area contributed by atoms with Crippen LogP contribution in [0.2, 0.25) is 0 Å². The highest BCUT2D eigenvalue weighted by Crippen LogP contribution is 2.22. The summed E-state index contributed by atoms with van der Waals surface area (Å²) in [6.45, 7) is 6.87. The van der Waals surface area contributed by atoms with Gasteiger partial charge in [0.1, 0.15) is 12.5 Å². The molecule has 0 saturated carbocycles. The summed E-state index contributed by atoms with van der Waals surface area (Å²) in [4.78, 5) is 31.8. The van der Waals surface area contributed by atoms with E-state index < -0.39 is 6.67 Å². The maximum atomic E-state index is 13.4. The molecule has 0 bridgehead atoms. The molecule has 1 atom stereocenters. The Morgan fingerprint density at radius 1 is 1.22 bits per heavy atom. The molecule has 37 heavy (non-hydrogen) atoms. The highest BCUT2D eigenvalue weighted by molar-refractivity contribution is 5.78. The lowest BCUT2D eigenvalue weighted by Gasteiger charge is -2.36. The third-order valence-electron chi connectivity index (χ3n) is 6.49. The molecule has 200 valence electrons. The Labute approximate surface area is 216 Å². The average Bonchev–Trinajstić information content (AvgIpc) is 3.26. The van der Waals surface area contributed by atoms with Gasteiger partial charge in [0, 0.05) is 38.8 Å². The van der Waals surface area contributed by atoms with Crippen molar-refractivity contribution in [3.63, 3.8) is 0 Å². The fraction of sp³-hybridized carbons (Fsp3) is 0.560. The van der Waals surface area contributed by atoms with Gasteiger partial charge in [-0.3, -0.25) is 4.79 Å². The Morgan fingerprint density at radius 2 is 1.97 bits per heavy atom. The van der Waals surface area contributed by atoms with Gasteiger partial charge in [0.2, 0.25) is 11.9 Å². The van der Waals surface area contributed by atoms with Gasteiger partial charge in [0.05, 0.1) is 24.5 Å². The fourth-order valence-corrected chi connectivity index (χ4v) is 4.65. The van der Waals surface area contributed by atoms with E-state index in [1.807, 2.05) is 37.0 Å². The van der Waals surface area contributed by atoms with Gasteiger partial charge < -0.3 is 25.8 Å². The Kier molecular flexibility index (Phi) is 8.37. The molecule has 12 heteroatoms. The Bertz CT molecular complexity index is 1220. The molecular formula is C25H37FN10O. The number of hydrogen-bond acceptors (Lipinski definition) is 9. The topological polar surface area (TPSA) is 121 Å². The number of nitrogen functional groups attached to an aromatic ring is 1. The second-order valence-corrected chi connectivity index (χ2v) is 9.86. The van der Waals surface area contributed by atoms with E-state index in [-0.39, 0.29) is 23.7 Å². The summed E-state index contributed by atoms with van der Waals surface area (Å²) in [5.41, 5.74) is 9.51. The van der Waals surface area contributed by atoms with Crippen molar-refractivity contribution in [1.82, 2.24) is 34.4 Å². The standard InChI is InChI=1S/C25H37FN10O/c1-5-6-19(13-26)30-25-31-22(27)24-29-15-20(36(24)32-25)12-18-11-17(2)23(28-14-18)35-9-7-34(8-10-35)21(37)16-33(3)4/h11,14-15,19H,5-10,12-13,16H2,1-4H3,(H3,27,30,31,32). The van der Waals surface area contributed by atoms with Crippen LogP contribution in [-0.4, -0.2) is 99.8 Å². The van der Waals surface area contributed by atoms with Gasteiger partial charge in [-0.1, -0.05) is 19.4 Å². The quantitative estimate of drug-likeness (QED) is 0.419. The number of aryl methyl sites for hydroxylation is 1. The van der Waals surface area contributed by atoms with Crippen LogP contribution in [0.15, 0.2) is 18.5 Å². The minimum atomic E-state index is -0.509. The van der Waals surface area contributed by atoms with E-state index in [9.17, 15) is 9.18 Å². The molecule has 3 N–H and O–H groups in total. The number of hydrogen-bond donors (Lipinski definition) is 2. The first-order valence-electron chi connectivity index (χ1n) is 12.7. The van der Waals surface area contributed by atoms with E-state index in [0.29, 0.717) is 38.1 Å². The van der Waals surface area contributed by atoms with Crippen molar-refractivity contribution in [2.75, 3.05) is 69.4 Å². The molecule has 3 aromatic heterocycles. The molecule has 0 spiro atoms. The van der Waals surface area contributed by atoms with E-state index in [2.05, 4.69) is 38.3 Å². The number of nitrogens with two attached hydrogens (primary N) is 1. The van der Waals surface area contributed by atoms with Crippen LogP contribution in [0.4, 0.5) is 22.0 Å². The molecular weight excluding hydrogens is 475 g/mol. The van der Waals surface area contributed by atoms with Gasteiger partial charge in [-0.05, 0) is 38.6 Å².